The highest BCUT2D eigenvalue weighted by atomic mass is 16.5. The Balaban J connectivity index is 2.62. The number of hydrogen-bond donors (Lipinski definition) is 2. The van der Waals surface area contributed by atoms with Crippen molar-refractivity contribution in [2.45, 2.75) is 53.2 Å². The van der Waals surface area contributed by atoms with Gasteiger partial charge in [0.05, 0.1) is 0 Å². The molecule has 2 N–H and O–H groups in total. The molecular formula is C16H27NO2. The van der Waals surface area contributed by atoms with Crippen LogP contribution in [0.3, 0.4) is 0 Å². The van der Waals surface area contributed by atoms with E-state index in [2.05, 4.69) is 52.1 Å². The monoisotopic (exact) mass is 265 g/mol. The minimum atomic E-state index is -0.479. The molecular weight excluding hydrogens is 238 g/mol. The first-order valence-corrected chi connectivity index (χ1v) is 7.08. The highest BCUT2D eigenvalue weighted by molar-refractivity contribution is 5.43. The van der Waals surface area contributed by atoms with Gasteiger partial charge in [-0.3, -0.25) is 0 Å². The first kappa shape index (κ1) is 16.0. The van der Waals surface area contributed by atoms with Crippen molar-refractivity contribution in [3.05, 3.63) is 28.8 Å². The smallest absolute Gasteiger partial charge is 0.123 e. The number of aryl methyl sites for hydroxylation is 2. The summed E-state index contributed by atoms with van der Waals surface area (Å²) in [4.78, 5) is 0. The molecule has 108 valence electrons. The van der Waals surface area contributed by atoms with Crippen molar-refractivity contribution in [1.82, 2.24) is 5.32 Å². The lowest BCUT2D eigenvalue weighted by Crippen LogP contribution is -2.35. The average molecular weight is 265 g/mol. The summed E-state index contributed by atoms with van der Waals surface area (Å²) >= 11 is 0. The topological polar surface area (TPSA) is 41.5 Å². The van der Waals surface area contributed by atoms with Crippen LogP contribution in [0.1, 0.15) is 37.5 Å². The van der Waals surface area contributed by atoms with Gasteiger partial charge in [-0.05, 0) is 43.0 Å². The maximum absolute atomic E-state index is 9.87. The van der Waals surface area contributed by atoms with Crippen LogP contribution in [-0.2, 0) is 6.42 Å². The van der Waals surface area contributed by atoms with E-state index in [0.717, 1.165) is 12.2 Å². The van der Waals surface area contributed by atoms with Crippen molar-refractivity contribution in [3.8, 4) is 5.75 Å². The number of aliphatic hydroxyl groups excluding tert-OH is 1. The van der Waals surface area contributed by atoms with E-state index in [1.165, 1.54) is 16.7 Å². The third-order valence-corrected chi connectivity index (χ3v) is 3.12. The molecule has 0 amide bonds. The summed E-state index contributed by atoms with van der Waals surface area (Å²) in [7, 11) is 0. The Morgan fingerprint density at radius 1 is 1.26 bits per heavy atom. The van der Waals surface area contributed by atoms with Crippen molar-refractivity contribution in [2.24, 2.45) is 0 Å². The molecule has 0 fully saturated rings. The van der Waals surface area contributed by atoms with Gasteiger partial charge in [-0.2, -0.15) is 0 Å². The van der Waals surface area contributed by atoms with Crippen molar-refractivity contribution >= 4 is 0 Å². The van der Waals surface area contributed by atoms with Gasteiger partial charge < -0.3 is 15.2 Å². The molecule has 0 saturated carbocycles. The van der Waals surface area contributed by atoms with Gasteiger partial charge in [-0.25, -0.2) is 0 Å². The lowest BCUT2D eigenvalue weighted by molar-refractivity contribution is 0.104. The van der Waals surface area contributed by atoms with Gasteiger partial charge in [0, 0.05) is 12.6 Å². The molecule has 1 aromatic carbocycles. The van der Waals surface area contributed by atoms with Gasteiger partial charge in [0.25, 0.3) is 0 Å². The average Bonchev–Trinajstić information content (AvgIpc) is 2.33. The summed E-state index contributed by atoms with van der Waals surface area (Å²) in [6, 6.07) is 4.60. The minimum Gasteiger partial charge on any atom is -0.491 e. The van der Waals surface area contributed by atoms with E-state index < -0.39 is 6.10 Å². The fourth-order valence-corrected chi connectivity index (χ4v) is 2.16. The summed E-state index contributed by atoms with van der Waals surface area (Å²) in [5, 5.41) is 13.1. The molecule has 0 bridgehead atoms. The van der Waals surface area contributed by atoms with Crippen molar-refractivity contribution < 1.29 is 9.84 Å². The van der Waals surface area contributed by atoms with Crippen LogP contribution in [0.2, 0.25) is 0 Å². The number of nitrogens with one attached hydrogen (secondary N) is 1. The lowest BCUT2D eigenvalue weighted by atomic mass is 10.0. The number of rotatable bonds is 7. The second-order valence-electron chi connectivity index (χ2n) is 5.44. The molecule has 19 heavy (non-hydrogen) atoms. The normalized spacial score (nSPS) is 12.8. The highest BCUT2D eigenvalue weighted by Crippen LogP contribution is 2.25. The van der Waals surface area contributed by atoms with E-state index in [4.69, 9.17) is 4.74 Å². The quantitative estimate of drug-likeness (QED) is 0.796. The Bertz CT molecular complexity index is 402. The van der Waals surface area contributed by atoms with Crippen molar-refractivity contribution in [3.63, 3.8) is 0 Å². The van der Waals surface area contributed by atoms with Crippen LogP contribution in [0.25, 0.3) is 0 Å². The SMILES string of the molecule is CCc1c(C)cc(C)cc1OC[C@@H](O)CNC(C)C. The van der Waals surface area contributed by atoms with E-state index in [9.17, 15) is 5.11 Å². The van der Waals surface area contributed by atoms with Crippen LogP contribution in [0.4, 0.5) is 0 Å². The molecule has 0 aromatic heterocycles. The summed E-state index contributed by atoms with van der Waals surface area (Å²) in [5.74, 6) is 0.906. The predicted molar refractivity (Wildman–Crippen MR) is 79.9 cm³/mol. The van der Waals surface area contributed by atoms with Crippen LogP contribution < -0.4 is 10.1 Å². The Hall–Kier alpha value is -1.06. The third kappa shape index (κ3) is 5.21. The summed E-state index contributed by atoms with van der Waals surface area (Å²) in [6.07, 6.45) is 0.467. The van der Waals surface area contributed by atoms with Gasteiger partial charge in [0.1, 0.15) is 18.5 Å². The van der Waals surface area contributed by atoms with E-state index in [1.54, 1.807) is 0 Å². The zero-order valence-electron chi connectivity index (χ0n) is 12.8. The molecule has 1 atom stereocenters. The van der Waals surface area contributed by atoms with Gasteiger partial charge in [0.2, 0.25) is 0 Å². The van der Waals surface area contributed by atoms with Gasteiger partial charge in [-0.1, -0.05) is 26.8 Å². The molecule has 0 aliphatic carbocycles. The van der Waals surface area contributed by atoms with Gasteiger partial charge in [-0.15, -0.1) is 0 Å². The standard InChI is InChI=1S/C16H27NO2/c1-6-15-13(5)7-12(4)8-16(15)19-10-14(18)9-17-11(2)3/h7-8,11,14,17-18H,6,9-10H2,1-5H3/t14-/m0/s1. The second-order valence-corrected chi connectivity index (χ2v) is 5.44. The molecule has 1 aromatic rings. The molecule has 0 aliphatic heterocycles. The van der Waals surface area contributed by atoms with Crippen LogP contribution in [0, 0.1) is 13.8 Å². The van der Waals surface area contributed by atoms with Gasteiger partial charge in [0.15, 0.2) is 0 Å². The van der Waals surface area contributed by atoms with Crippen LogP contribution in [0.15, 0.2) is 12.1 Å². The van der Waals surface area contributed by atoms with E-state index in [-0.39, 0.29) is 0 Å². The van der Waals surface area contributed by atoms with E-state index in [1.807, 2.05) is 0 Å². The fraction of sp³-hybridized carbons (Fsp3) is 0.625. The zero-order chi connectivity index (χ0) is 14.4. The van der Waals surface area contributed by atoms with Crippen molar-refractivity contribution in [1.29, 1.82) is 0 Å². The number of benzene rings is 1. The minimum absolute atomic E-state index is 0.329. The number of aliphatic hydroxyl groups is 1. The number of ether oxygens (including phenoxy) is 1. The fourth-order valence-electron chi connectivity index (χ4n) is 2.16. The Kier molecular flexibility index (Phi) is 6.32. The predicted octanol–water partition coefficient (Wildman–Crippen LogP) is 2.60. The van der Waals surface area contributed by atoms with Crippen LogP contribution in [0.5, 0.6) is 5.75 Å². The van der Waals surface area contributed by atoms with Crippen LogP contribution >= 0.6 is 0 Å². The molecule has 0 unspecified atom stereocenters. The van der Waals surface area contributed by atoms with Crippen molar-refractivity contribution in [2.75, 3.05) is 13.2 Å². The third-order valence-electron chi connectivity index (χ3n) is 3.12. The molecule has 0 spiro atoms. The molecule has 0 aliphatic rings. The molecule has 1 rings (SSSR count). The first-order chi connectivity index (χ1) is 8.93. The molecule has 0 saturated heterocycles. The second kappa shape index (κ2) is 7.51. The Morgan fingerprint density at radius 2 is 1.95 bits per heavy atom. The molecule has 3 heteroatoms. The van der Waals surface area contributed by atoms with E-state index in [0.29, 0.717) is 19.2 Å². The molecule has 0 radical (unpaired) electrons. The summed E-state index contributed by atoms with van der Waals surface area (Å²) in [6.45, 7) is 11.3. The maximum atomic E-state index is 9.87. The highest BCUT2D eigenvalue weighted by Gasteiger charge is 2.10. The Morgan fingerprint density at radius 3 is 2.53 bits per heavy atom. The maximum Gasteiger partial charge on any atom is 0.123 e. The number of hydrogen-bond acceptors (Lipinski definition) is 3. The first-order valence-electron chi connectivity index (χ1n) is 7.08. The lowest BCUT2D eigenvalue weighted by Gasteiger charge is -2.18. The zero-order valence-corrected chi connectivity index (χ0v) is 12.8. The molecule has 0 heterocycles. The Labute approximate surface area is 117 Å². The summed E-state index contributed by atoms with van der Waals surface area (Å²) < 4.78 is 5.79. The van der Waals surface area contributed by atoms with E-state index >= 15 is 0 Å². The van der Waals surface area contributed by atoms with Crippen LogP contribution in [-0.4, -0.2) is 30.4 Å². The largest absolute Gasteiger partial charge is 0.491 e. The summed E-state index contributed by atoms with van der Waals surface area (Å²) in [5.41, 5.74) is 3.68. The molecule has 3 nitrogen and oxygen atoms in total. The van der Waals surface area contributed by atoms with Gasteiger partial charge >= 0.3 is 0 Å².